The molecule has 0 radical (unpaired) electrons. The summed E-state index contributed by atoms with van der Waals surface area (Å²) in [6.07, 6.45) is 7.16. The van der Waals surface area contributed by atoms with E-state index in [4.69, 9.17) is 16.3 Å². The summed E-state index contributed by atoms with van der Waals surface area (Å²) in [6, 6.07) is 5.55. The summed E-state index contributed by atoms with van der Waals surface area (Å²) in [6.45, 7) is 0.497. The highest BCUT2D eigenvalue weighted by Crippen LogP contribution is 2.39. The number of rotatable bonds is 1. The smallest absolute Gasteiger partial charge is 0.252 e. The van der Waals surface area contributed by atoms with Crippen LogP contribution < -0.4 is 0 Å². The molecule has 1 heterocycles. The van der Waals surface area contributed by atoms with E-state index in [2.05, 4.69) is 6.08 Å². The molecule has 92 valence electrons. The SMILES string of the molecule is O=C(Cl)c1ccc2c(c1)COC1=CC=CCC1S2. The van der Waals surface area contributed by atoms with Gasteiger partial charge in [-0.3, -0.25) is 4.79 Å². The van der Waals surface area contributed by atoms with Gasteiger partial charge in [0, 0.05) is 16.0 Å². The first kappa shape index (κ1) is 11.9. The van der Waals surface area contributed by atoms with E-state index < -0.39 is 5.24 Å². The summed E-state index contributed by atoms with van der Waals surface area (Å²) < 4.78 is 5.80. The second kappa shape index (κ2) is 4.82. The fraction of sp³-hybridized carbons (Fsp3) is 0.214. The lowest BCUT2D eigenvalue weighted by molar-refractivity contribution is 0.108. The zero-order valence-electron chi connectivity index (χ0n) is 9.56. The van der Waals surface area contributed by atoms with Gasteiger partial charge in [0.05, 0.1) is 5.25 Å². The predicted octanol–water partition coefficient (Wildman–Crippen LogP) is 3.90. The van der Waals surface area contributed by atoms with Crippen LogP contribution in [0, 0.1) is 0 Å². The Hall–Kier alpha value is -1.19. The average Bonchev–Trinajstić information content (AvgIpc) is 2.56. The molecule has 0 fully saturated rings. The summed E-state index contributed by atoms with van der Waals surface area (Å²) in [5.41, 5.74) is 1.55. The lowest BCUT2D eigenvalue weighted by Gasteiger charge is -2.17. The molecule has 1 aromatic carbocycles. The van der Waals surface area contributed by atoms with Gasteiger partial charge < -0.3 is 4.74 Å². The molecule has 0 aromatic heterocycles. The summed E-state index contributed by atoms with van der Waals surface area (Å²) in [7, 11) is 0. The van der Waals surface area contributed by atoms with Gasteiger partial charge in [0.25, 0.3) is 5.24 Å². The molecule has 0 spiro atoms. The Morgan fingerprint density at radius 3 is 3.17 bits per heavy atom. The van der Waals surface area contributed by atoms with Crippen molar-refractivity contribution in [1.29, 1.82) is 0 Å². The van der Waals surface area contributed by atoms with Gasteiger partial charge in [-0.1, -0.05) is 12.2 Å². The Bertz CT molecular complexity index is 563. The van der Waals surface area contributed by atoms with Crippen LogP contribution in [0.5, 0.6) is 0 Å². The number of halogens is 1. The lowest BCUT2D eigenvalue weighted by atomic mass is 10.1. The second-order valence-corrected chi connectivity index (χ2v) is 5.81. The Kier molecular flexibility index (Phi) is 3.18. The van der Waals surface area contributed by atoms with Crippen molar-refractivity contribution in [2.75, 3.05) is 0 Å². The van der Waals surface area contributed by atoms with Crippen LogP contribution in [0.25, 0.3) is 0 Å². The van der Waals surface area contributed by atoms with Crippen LogP contribution in [0.2, 0.25) is 0 Å². The van der Waals surface area contributed by atoms with Crippen LogP contribution in [-0.2, 0) is 11.3 Å². The van der Waals surface area contributed by atoms with Crippen LogP contribution in [0.4, 0.5) is 0 Å². The Morgan fingerprint density at radius 1 is 1.44 bits per heavy atom. The zero-order valence-corrected chi connectivity index (χ0v) is 11.1. The largest absolute Gasteiger partial charge is 0.492 e. The molecule has 2 nitrogen and oxygen atoms in total. The Morgan fingerprint density at radius 2 is 2.33 bits per heavy atom. The number of fused-ring (bicyclic) bond motifs is 2. The molecule has 4 heteroatoms. The standard InChI is InChI=1S/C14H11ClO2S/c15-14(16)9-5-6-12-10(7-9)8-17-11-3-1-2-4-13(11)18-12/h1-3,5-7,13H,4,8H2. The van der Waals surface area contributed by atoms with Gasteiger partial charge in [-0.05, 0) is 42.3 Å². The number of allylic oxidation sites excluding steroid dienone is 3. The molecule has 0 amide bonds. The lowest BCUT2D eigenvalue weighted by Crippen LogP contribution is -2.08. The minimum Gasteiger partial charge on any atom is -0.492 e. The van der Waals surface area contributed by atoms with Crippen molar-refractivity contribution < 1.29 is 9.53 Å². The van der Waals surface area contributed by atoms with E-state index >= 15 is 0 Å². The summed E-state index contributed by atoms with van der Waals surface area (Å²) >= 11 is 7.28. The Balaban J connectivity index is 1.96. The molecular formula is C14H11ClO2S. The highest BCUT2D eigenvalue weighted by Gasteiger charge is 2.23. The highest BCUT2D eigenvalue weighted by molar-refractivity contribution is 8.00. The van der Waals surface area contributed by atoms with E-state index in [9.17, 15) is 4.79 Å². The minimum atomic E-state index is -0.426. The third-order valence-electron chi connectivity index (χ3n) is 3.02. The molecule has 18 heavy (non-hydrogen) atoms. The fourth-order valence-corrected chi connectivity index (χ4v) is 3.39. The average molecular weight is 279 g/mol. The number of ether oxygens (including phenoxy) is 1. The van der Waals surface area contributed by atoms with Crippen molar-refractivity contribution in [3.63, 3.8) is 0 Å². The van der Waals surface area contributed by atoms with Crippen molar-refractivity contribution in [3.8, 4) is 0 Å². The first-order valence-corrected chi connectivity index (χ1v) is 6.99. The first-order chi connectivity index (χ1) is 8.74. The Labute approximate surface area is 115 Å². The molecule has 1 aliphatic carbocycles. The van der Waals surface area contributed by atoms with Crippen molar-refractivity contribution in [2.45, 2.75) is 23.2 Å². The molecule has 1 aliphatic heterocycles. The van der Waals surface area contributed by atoms with Gasteiger partial charge in [-0.15, -0.1) is 11.8 Å². The van der Waals surface area contributed by atoms with Crippen LogP contribution in [0.1, 0.15) is 22.3 Å². The van der Waals surface area contributed by atoms with Gasteiger partial charge in [0.15, 0.2) is 0 Å². The summed E-state index contributed by atoms with van der Waals surface area (Å²) in [5.74, 6) is 1.01. The van der Waals surface area contributed by atoms with Crippen molar-refractivity contribution in [1.82, 2.24) is 0 Å². The van der Waals surface area contributed by atoms with E-state index in [0.29, 0.717) is 17.4 Å². The van der Waals surface area contributed by atoms with E-state index in [-0.39, 0.29) is 0 Å². The third-order valence-corrected chi connectivity index (χ3v) is 4.59. The first-order valence-electron chi connectivity index (χ1n) is 5.73. The molecule has 0 N–H and O–H groups in total. The van der Waals surface area contributed by atoms with E-state index in [1.165, 1.54) is 4.90 Å². The highest BCUT2D eigenvalue weighted by atomic mass is 35.5. The van der Waals surface area contributed by atoms with Gasteiger partial charge in [-0.25, -0.2) is 0 Å². The van der Waals surface area contributed by atoms with Crippen molar-refractivity contribution in [3.05, 3.63) is 53.3 Å². The quantitative estimate of drug-likeness (QED) is 0.729. The fourth-order valence-electron chi connectivity index (χ4n) is 2.08. The molecule has 1 unspecified atom stereocenters. The normalized spacial score (nSPS) is 21.2. The predicted molar refractivity (Wildman–Crippen MR) is 72.9 cm³/mol. The molecular weight excluding hydrogens is 268 g/mol. The van der Waals surface area contributed by atoms with Crippen LogP contribution in [-0.4, -0.2) is 10.5 Å². The molecule has 0 saturated carbocycles. The number of carbonyl (C=O) groups excluding carboxylic acids is 1. The molecule has 0 saturated heterocycles. The molecule has 3 rings (SSSR count). The van der Waals surface area contributed by atoms with Gasteiger partial charge in [0.1, 0.15) is 12.4 Å². The minimum absolute atomic E-state index is 0.341. The molecule has 1 atom stereocenters. The van der Waals surface area contributed by atoms with Gasteiger partial charge in [-0.2, -0.15) is 0 Å². The number of thioether (sulfide) groups is 1. The summed E-state index contributed by atoms with van der Waals surface area (Å²) in [5, 5.41) is -0.0841. The molecule has 0 bridgehead atoms. The topological polar surface area (TPSA) is 26.3 Å². The number of benzene rings is 1. The summed E-state index contributed by atoms with van der Waals surface area (Å²) in [4.78, 5) is 12.3. The number of hydrogen-bond donors (Lipinski definition) is 0. The van der Waals surface area contributed by atoms with E-state index in [1.807, 2.05) is 24.3 Å². The van der Waals surface area contributed by atoms with Crippen molar-refractivity contribution in [2.24, 2.45) is 0 Å². The number of carbonyl (C=O) groups is 1. The molecule has 2 aliphatic rings. The maximum absolute atomic E-state index is 11.2. The third kappa shape index (κ3) is 2.20. The van der Waals surface area contributed by atoms with Crippen molar-refractivity contribution >= 4 is 28.6 Å². The monoisotopic (exact) mass is 278 g/mol. The maximum Gasteiger partial charge on any atom is 0.252 e. The second-order valence-electron chi connectivity index (χ2n) is 4.22. The van der Waals surface area contributed by atoms with E-state index in [0.717, 1.165) is 17.7 Å². The molecule has 1 aromatic rings. The van der Waals surface area contributed by atoms with Gasteiger partial charge in [0.2, 0.25) is 0 Å². The van der Waals surface area contributed by atoms with E-state index in [1.54, 1.807) is 17.8 Å². The van der Waals surface area contributed by atoms with Crippen LogP contribution in [0.15, 0.2) is 47.1 Å². The van der Waals surface area contributed by atoms with Crippen LogP contribution in [0.3, 0.4) is 0 Å². The maximum atomic E-state index is 11.2. The zero-order chi connectivity index (χ0) is 12.5. The van der Waals surface area contributed by atoms with Crippen LogP contribution >= 0.6 is 23.4 Å². The van der Waals surface area contributed by atoms with Gasteiger partial charge >= 0.3 is 0 Å². The number of hydrogen-bond acceptors (Lipinski definition) is 3.